The average Bonchev–Trinajstić information content (AvgIpc) is 3.19. The highest BCUT2D eigenvalue weighted by atomic mass is 16.6. The Kier molecular flexibility index (Phi) is 14.9. The first-order valence-electron chi connectivity index (χ1n) is 18.5. The van der Waals surface area contributed by atoms with Crippen LogP contribution >= 0.6 is 0 Å². The van der Waals surface area contributed by atoms with Crippen LogP contribution < -0.4 is 14.8 Å². The summed E-state index contributed by atoms with van der Waals surface area (Å²) in [5, 5.41) is 2.57. The van der Waals surface area contributed by atoms with E-state index in [0.29, 0.717) is 16.7 Å². The van der Waals surface area contributed by atoms with Gasteiger partial charge >= 0.3 is 35.9 Å². The van der Waals surface area contributed by atoms with Crippen LogP contribution in [0.1, 0.15) is 80.3 Å². The van der Waals surface area contributed by atoms with Crippen molar-refractivity contribution in [3.8, 4) is 11.5 Å². The summed E-state index contributed by atoms with van der Waals surface area (Å²) in [5.74, 6) is -4.10. The molecule has 1 N–H and O–H groups in total. The van der Waals surface area contributed by atoms with Crippen molar-refractivity contribution in [3.05, 3.63) is 131 Å². The molecule has 4 aromatic carbocycles. The van der Waals surface area contributed by atoms with Crippen LogP contribution in [0.3, 0.4) is 0 Å². The maximum atomic E-state index is 13.7. The second kappa shape index (κ2) is 19.6. The minimum atomic E-state index is -1.39. The molecular weight excluding hydrogens is 746 g/mol. The van der Waals surface area contributed by atoms with E-state index in [-0.39, 0.29) is 37.7 Å². The molecule has 0 spiro atoms. The lowest BCUT2D eigenvalue weighted by molar-refractivity contribution is -0.149. The van der Waals surface area contributed by atoms with E-state index in [1.165, 1.54) is 45.9 Å². The van der Waals surface area contributed by atoms with E-state index < -0.39 is 58.4 Å². The van der Waals surface area contributed by atoms with E-state index in [9.17, 15) is 28.8 Å². The number of ether oxygens (including phenoxy) is 6. The molecule has 0 saturated carbocycles. The van der Waals surface area contributed by atoms with E-state index >= 15 is 0 Å². The van der Waals surface area contributed by atoms with Crippen LogP contribution in [-0.4, -0.2) is 60.8 Å². The molecule has 4 rings (SSSR count). The lowest BCUT2D eigenvalue weighted by Gasteiger charge is -2.25. The van der Waals surface area contributed by atoms with Crippen molar-refractivity contribution >= 4 is 35.9 Å². The Labute approximate surface area is 337 Å². The highest BCUT2D eigenvalue weighted by Gasteiger charge is 2.36. The number of carbonyl (C=O) groups is 6. The normalized spacial score (nSPS) is 12.0. The molecule has 0 saturated heterocycles. The Morgan fingerprint density at radius 3 is 1.50 bits per heavy atom. The molecule has 1 atom stereocenters. The van der Waals surface area contributed by atoms with Gasteiger partial charge in [-0.1, -0.05) is 72.8 Å². The second-order valence-corrected chi connectivity index (χ2v) is 15.7. The van der Waals surface area contributed by atoms with Gasteiger partial charge in [-0.2, -0.15) is 0 Å². The van der Waals surface area contributed by atoms with Crippen LogP contribution in [0.2, 0.25) is 0 Å². The molecule has 0 aliphatic heterocycles. The number of alkyl carbamates (subject to hydrolysis) is 1. The van der Waals surface area contributed by atoms with Crippen LogP contribution in [-0.2, 0) is 46.4 Å². The fourth-order valence-electron chi connectivity index (χ4n) is 4.95. The minimum absolute atomic E-state index is 0.0652. The summed E-state index contributed by atoms with van der Waals surface area (Å²) in [7, 11) is 0. The number of hydrogen-bond acceptors (Lipinski definition) is 12. The van der Waals surface area contributed by atoms with Gasteiger partial charge in [0, 0.05) is 6.42 Å². The lowest BCUT2D eigenvalue weighted by atomic mass is 9.95. The quantitative estimate of drug-likeness (QED) is 0.0677. The smallest absolute Gasteiger partial charge is 0.408 e. The van der Waals surface area contributed by atoms with Gasteiger partial charge in [-0.15, -0.1) is 0 Å². The van der Waals surface area contributed by atoms with E-state index in [1.54, 1.807) is 106 Å². The fraction of sp³-hybridized carbons (Fsp3) is 0.333. The Hall–Kier alpha value is -6.50. The third-order valence-electron chi connectivity index (χ3n) is 8.31. The summed E-state index contributed by atoms with van der Waals surface area (Å²) in [6.45, 7) is 10.3. The van der Waals surface area contributed by atoms with E-state index in [2.05, 4.69) is 5.32 Å². The topological polar surface area (TPSA) is 170 Å². The Morgan fingerprint density at radius 1 is 0.552 bits per heavy atom. The van der Waals surface area contributed by atoms with Gasteiger partial charge in [0.2, 0.25) is 0 Å². The number of nitrogens with one attached hydrogen (secondary N) is 1. The van der Waals surface area contributed by atoms with E-state index in [0.717, 1.165) is 5.56 Å². The Bertz CT molecular complexity index is 2060. The van der Waals surface area contributed by atoms with Crippen molar-refractivity contribution in [2.75, 3.05) is 13.2 Å². The molecule has 13 nitrogen and oxygen atoms in total. The minimum Gasteiger partial charge on any atom is -0.461 e. The van der Waals surface area contributed by atoms with Gasteiger partial charge in [0.05, 0.1) is 22.0 Å². The molecule has 0 aliphatic carbocycles. The SMILES string of the molecule is CC(C)(C)OC(=O)N[C@@H](Cc1ccc(OC(=O)C(C)(C)COC(=O)c2ccccc2)c(OC(=O)C(C)(C)COC(=O)c2ccccc2)c1)C(=O)OCc1ccccc1. The summed E-state index contributed by atoms with van der Waals surface area (Å²) in [6, 6.07) is 28.5. The van der Waals surface area contributed by atoms with Crippen LogP contribution in [0.5, 0.6) is 11.5 Å². The molecule has 0 unspecified atom stereocenters. The molecule has 4 aromatic rings. The standard InChI is InChI=1S/C45H49NO12/c1-43(2,3)58-42(52)46-34(39(49)53-27-30-17-11-8-12-18-30)25-31-23-24-35(56-40(50)44(4,5)28-54-37(47)32-19-13-9-14-20-32)36(26-31)57-41(51)45(6,7)29-55-38(48)33-21-15-10-16-22-33/h8-24,26,34H,25,27-29H2,1-7H3,(H,46,52)/t34-/m0/s1. The molecule has 1 amide bonds. The number of benzene rings is 4. The van der Waals surface area contributed by atoms with Gasteiger partial charge in [0.25, 0.3) is 0 Å². The van der Waals surface area contributed by atoms with Gasteiger partial charge in [0.15, 0.2) is 11.5 Å². The maximum Gasteiger partial charge on any atom is 0.408 e. The number of hydrogen-bond donors (Lipinski definition) is 1. The van der Waals surface area contributed by atoms with Gasteiger partial charge in [0.1, 0.15) is 31.5 Å². The third-order valence-corrected chi connectivity index (χ3v) is 8.31. The number of esters is 5. The van der Waals surface area contributed by atoms with Gasteiger partial charge in [-0.25, -0.2) is 19.2 Å². The summed E-state index contributed by atoms with van der Waals surface area (Å²) in [6.07, 6.45) is -1.03. The zero-order valence-electron chi connectivity index (χ0n) is 33.7. The second-order valence-electron chi connectivity index (χ2n) is 15.7. The van der Waals surface area contributed by atoms with Crippen molar-refractivity contribution in [1.82, 2.24) is 5.32 Å². The molecule has 0 heterocycles. The van der Waals surface area contributed by atoms with Crippen molar-refractivity contribution in [2.24, 2.45) is 10.8 Å². The predicted molar refractivity (Wildman–Crippen MR) is 212 cm³/mol. The monoisotopic (exact) mass is 795 g/mol. The molecule has 58 heavy (non-hydrogen) atoms. The fourth-order valence-corrected chi connectivity index (χ4v) is 4.95. The van der Waals surface area contributed by atoms with Gasteiger partial charge in [-0.05, 0) is 96.0 Å². The van der Waals surface area contributed by atoms with Crippen molar-refractivity contribution < 1.29 is 57.2 Å². The molecule has 306 valence electrons. The van der Waals surface area contributed by atoms with Crippen molar-refractivity contribution in [2.45, 2.75) is 73.1 Å². The first kappa shape index (κ1) is 44.2. The van der Waals surface area contributed by atoms with Crippen LogP contribution in [0.25, 0.3) is 0 Å². The highest BCUT2D eigenvalue weighted by molar-refractivity contribution is 5.90. The summed E-state index contributed by atoms with van der Waals surface area (Å²) >= 11 is 0. The third kappa shape index (κ3) is 13.6. The highest BCUT2D eigenvalue weighted by Crippen LogP contribution is 2.34. The van der Waals surface area contributed by atoms with Crippen molar-refractivity contribution in [1.29, 1.82) is 0 Å². The molecule has 0 fully saturated rings. The summed E-state index contributed by atoms with van der Waals surface area (Å²) in [4.78, 5) is 78.9. The maximum absolute atomic E-state index is 13.7. The number of amides is 1. The van der Waals surface area contributed by atoms with Crippen molar-refractivity contribution in [3.63, 3.8) is 0 Å². The van der Waals surface area contributed by atoms with E-state index in [1.807, 2.05) is 6.07 Å². The first-order valence-corrected chi connectivity index (χ1v) is 18.5. The largest absolute Gasteiger partial charge is 0.461 e. The Balaban J connectivity index is 1.60. The van der Waals surface area contributed by atoms with Crippen LogP contribution in [0.15, 0.2) is 109 Å². The zero-order chi connectivity index (χ0) is 42.5. The molecule has 0 aromatic heterocycles. The Morgan fingerprint density at radius 2 is 1.02 bits per heavy atom. The van der Waals surface area contributed by atoms with Crippen LogP contribution in [0, 0.1) is 10.8 Å². The van der Waals surface area contributed by atoms with E-state index in [4.69, 9.17) is 28.4 Å². The molecule has 13 heteroatoms. The summed E-state index contributed by atoms with van der Waals surface area (Å²) < 4.78 is 33.4. The zero-order valence-corrected chi connectivity index (χ0v) is 33.7. The van der Waals surface area contributed by atoms with Gasteiger partial charge < -0.3 is 33.7 Å². The first-order chi connectivity index (χ1) is 27.3. The van der Waals surface area contributed by atoms with Crippen LogP contribution in [0.4, 0.5) is 4.79 Å². The molecule has 0 radical (unpaired) electrons. The lowest BCUT2D eigenvalue weighted by Crippen LogP contribution is -2.45. The average molecular weight is 796 g/mol. The molecular formula is C45H49NO12. The number of rotatable bonds is 16. The molecule has 0 aliphatic rings. The number of carbonyl (C=O) groups excluding carboxylic acids is 6. The molecule has 0 bridgehead atoms. The van der Waals surface area contributed by atoms with Gasteiger partial charge in [-0.3, -0.25) is 9.59 Å². The summed E-state index contributed by atoms with van der Waals surface area (Å²) in [5.41, 5.74) is -1.94. The predicted octanol–water partition coefficient (Wildman–Crippen LogP) is 7.44.